The molecule has 0 bridgehead atoms. The van der Waals surface area contributed by atoms with Gasteiger partial charge in [-0.1, -0.05) is 44.0 Å². The Labute approximate surface area is 132 Å². The van der Waals surface area contributed by atoms with Gasteiger partial charge in [-0.3, -0.25) is 4.79 Å². The van der Waals surface area contributed by atoms with E-state index < -0.39 is 0 Å². The van der Waals surface area contributed by atoms with E-state index >= 15 is 0 Å². The molecule has 1 atom stereocenters. The molecule has 114 valence electrons. The molecule has 0 aromatic heterocycles. The summed E-state index contributed by atoms with van der Waals surface area (Å²) in [6.07, 6.45) is 6.31. The van der Waals surface area contributed by atoms with Gasteiger partial charge >= 0.3 is 5.97 Å². The Hall–Kier alpha value is -2.27. The zero-order valence-corrected chi connectivity index (χ0v) is 13.4. The van der Waals surface area contributed by atoms with Crippen molar-refractivity contribution in [2.24, 2.45) is 5.92 Å². The van der Waals surface area contributed by atoms with Gasteiger partial charge in [0.05, 0.1) is 12.5 Å². The molecule has 0 fully saturated rings. The van der Waals surface area contributed by atoms with Crippen LogP contribution in [0.4, 0.5) is 0 Å². The van der Waals surface area contributed by atoms with E-state index in [1.807, 2.05) is 43.3 Å². The smallest absolute Gasteiger partial charge is 0.313 e. The van der Waals surface area contributed by atoms with Crippen molar-refractivity contribution in [1.82, 2.24) is 0 Å². The maximum absolute atomic E-state index is 12.1. The number of hydrogen-bond acceptors (Lipinski definition) is 2. The predicted molar refractivity (Wildman–Crippen MR) is 90.7 cm³/mol. The third-order valence-electron chi connectivity index (χ3n) is 3.82. The highest BCUT2D eigenvalue weighted by Gasteiger charge is 2.17. The molecule has 2 nitrogen and oxygen atoms in total. The van der Waals surface area contributed by atoms with Crippen molar-refractivity contribution in [2.75, 3.05) is 6.61 Å². The van der Waals surface area contributed by atoms with Crippen molar-refractivity contribution in [3.8, 4) is 12.3 Å². The molecule has 0 radical (unpaired) electrons. The first-order valence-electron chi connectivity index (χ1n) is 7.68. The Morgan fingerprint density at radius 1 is 1.14 bits per heavy atom. The van der Waals surface area contributed by atoms with E-state index in [0.717, 1.165) is 28.3 Å². The van der Waals surface area contributed by atoms with Crippen LogP contribution in [-0.4, -0.2) is 12.6 Å². The van der Waals surface area contributed by atoms with E-state index in [0.29, 0.717) is 12.5 Å². The Morgan fingerprint density at radius 2 is 1.82 bits per heavy atom. The van der Waals surface area contributed by atoms with Crippen LogP contribution in [-0.2, 0) is 9.53 Å². The Kier molecular flexibility index (Phi) is 5.22. The topological polar surface area (TPSA) is 26.3 Å². The molecule has 0 aliphatic carbocycles. The number of terminal acetylenes is 1. The molecular weight excluding hydrogens is 272 g/mol. The molecule has 2 rings (SSSR count). The van der Waals surface area contributed by atoms with Gasteiger partial charge in [-0.25, -0.2) is 0 Å². The first kappa shape index (κ1) is 16.1. The molecule has 1 unspecified atom stereocenters. The maximum Gasteiger partial charge on any atom is 0.313 e. The lowest BCUT2D eigenvalue weighted by atomic mass is 9.97. The van der Waals surface area contributed by atoms with Gasteiger partial charge < -0.3 is 4.74 Å². The standard InChI is InChI=1S/C20H22O2/c1-5-16-6-7-19-13-17(8-9-18(19)12-16)15(4)20(21)22-11-10-14(2)3/h1,6-9,12-15H,10-11H2,2-4H3. The minimum absolute atomic E-state index is 0.166. The van der Waals surface area contributed by atoms with E-state index in [-0.39, 0.29) is 11.9 Å². The average molecular weight is 294 g/mol. The summed E-state index contributed by atoms with van der Waals surface area (Å²) in [7, 11) is 0. The summed E-state index contributed by atoms with van der Waals surface area (Å²) in [5, 5.41) is 2.16. The molecular formula is C20H22O2. The van der Waals surface area contributed by atoms with Crippen LogP contribution < -0.4 is 0 Å². The number of fused-ring (bicyclic) bond motifs is 1. The fourth-order valence-corrected chi connectivity index (χ4v) is 2.28. The van der Waals surface area contributed by atoms with E-state index in [9.17, 15) is 4.79 Å². The normalized spacial score (nSPS) is 12.1. The molecule has 0 heterocycles. The minimum Gasteiger partial charge on any atom is -0.465 e. The van der Waals surface area contributed by atoms with Gasteiger partial charge in [-0.2, -0.15) is 0 Å². The van der Waals surface area contributed by atoms with Crippen LogP contribution >= 0.6 is 0 Å². The van der Waals surface area contributed by atoms with E-state index in [1.54, 1.807) is 0 Å². The second kappa shape index (κ2) is 7.13. The van der Waals surface area contributed by atoms with Crippen molar-refractivity contribution < 1.29 is 9.53 Å². The third-order valence-corrected chi connectivity index (χ3v) is 3.82. The minimum atomic E-state index is -0.260. The van der Waals surface area contributed by atoms with Crippen molar-refractivity contribution in [3.63, 3.8) is 0 Å². The van der Waals surface area contributed by atoms with E-state index in [2.05, 4.69) is 19.8 Å². The highest BCUT2D eigenvalue weighted by atomic mass is 16.5. The van der Waals surface area contributed by atoms with E-state index in [1.165, 1.54) is 0 Å². The molecule has 0 aliphatic heterocycles. The molecule has 2 heteroatoms. The lowest BCUT2D eigenvalue weighted by molar-refractivity contribution is -0.145. The zero-order valence-electron chi connectivity index (χ0n) is 13.4. The van der Waals surface area contributed by atoms with Crippen molar-refractivity contribution in [1.29, 1.82) is 0 Å². The average Bonchev–Trinajstić information content (AvgIpc) is 2.52. The second-order valence-corrected chi connectivity index (χ2v) is 6.04. The van der Waals surface area contributed by atoms with Crippen LogP contribution in [0.2, 0.25) is 0 Å². The van der Waals surface area contributed by atoms with Gasteiger partial charge in [-0.05, 0) is 47.7 Å². The number of rotatable bonds is 5. The van der Waals surface area contributed by atoms with Crippen LogP contribution in [0.15, 0.2) is 36.4 Å². The molecule has 0 amide bonds. The van der Waals surface area contributed by atoms with Gasteiger partial charge in [0, 0.05) is 5.56 Å². The highest BCUT2D eigenvalue weighted by Crippen LogP contribution is 2.23. The first-order chi connectivity index (χ1) is 10.5. The summed E-state index contributed by atoms with van der Waals surface area (Å²) in [6.45, 7) is 6.60. The molecule has 0 aliphatic rings. The Morgan fingerprint density at radius 3 is 2.50 bits per heavy atom. The van der Waals surface area contributed by atoms with Gasteiger partial charge in [-0.15, -0.1) is 6.42 Å². The van der Waals surface area contributed by atoms with Crippen LogP contribution in [0.25, 0.3) is 10.8 Å². The van der Waals surface area contributed by atoms with Crippen molar-refractivity contribution in [2.45, 2.75) is 33.1 Å². The summed E-state index contributed by atoms with van der Waals surface area (Å²) in [5.41, 5.74) is 1.83. The third kappa shape index (κ3) is 3.89. The molecule has 0 saturated heterocycles. The largest absolute Gasteiger partial charge is 0.465 e. The number of ether oxygens (including phenoxy) is 1. The SMILES string of the molecule is C#Cc1ccc2cc(C(C)C(=O)OCCC(C)C)ccc2c1. The summed E-state index contributed by atoms with van der Waals surface area (Å²) in [4.78, 5) is 12.1. The summed E-state index contributed by atoms with van der Waals surface area (Å²) in [6, 6.07) is 11.9. The lowest BCUT2D eigenvalue weighted by Crippen LogP contribution is -2.14. The van der Waals surface area contributed by atoms with Crippen LogP contribution in [0, 0.1) is 18.3 Å². The number of esters is 1. The lowest BCUT2D eigenvalue weighted by Gasteiger charge is -2.13. The van der Waals surface area contributed by atoms with Gasteiger partial charge in [0.15, 0.2) is 0 Å². The van der Waals surface area contributed by atoms with Crippen molar-refractivity contribution >= 4 is 16.7 Å². The molecule has 2 aromatic rings. The molecule has 0 saturated carbocycles. The van der Waals surface area contributed by atoms with Crippen LogP contribution in [0.3, 0.4) is 0 Å². The maximum atomic E-state index is 12.1. The first-order valence-corrected chi connectivity index (χ1v) is 7.68. The number of benzene rings is 2. The number of carbonyl (C=O) groups is 1. The number of carbonyl (C=O) groups excluding carboxylic acids is 1. The van der Waals surface area contributed by atoms with E-state index in [4.69, 9.17) is 11.2 Å². The second-order valence-electron chi connectivity index (χ2n) is 6.04. The fraction of sp³-hybridized carbons (Fsp3) is 0.350. The molecule has 0 spiro atoms. The Bertz CT molecular complexity index is 707. The number of hydrogen-bond donors (Lipinski definition) is 0. The summed E-state index contributed by atoms with van der Waals surface area (Å²) >= 11 is 0. The van der Waals surface area contributed by atoms with Gasteiger partial charge in [0.1, 0.15) is 0 Å². The summed E-state index contributed by atoms with van der Waals surface area (Å²) < 4.78 is 5.35. The Balaban J connectivity index is 2.13. The molecule has 0 N–H and O–H groups in total. The molecule has 22 heavy (non-hydrogen) atoms. The predicted octanol–water partition coefficient (Wildman–Crippen LogP) is 4.51. The zero-order chi connectivity index (χ0) is 16.1. The molecule has 2 aromatic carbocycles. The van der Waals surface area contributed by atoms with Gasteiger partial charge in [0.2, 0.25) is 0 Å². The van der Waals surface area contributed by atoms with Gasteiger partial charge in [0.25, 0.3) is 0 Å². The van der Waals surface area contributed by atoms with Crippen LogP contribution in [0.1, 0.15) is 44.2 Å². The van der Waals surface area contributed by atoms with Crippen LogP contribution in [0.5, 0.6) is 0 Å². The highest BCUT2D eigenvalue weighted by molar-refractivity contribution is 5.86. The monoisotopic (exact) mass is 294 g/mol. The fourth-order valence-electron chi connectivity index (χ4n) is 2.28. The summed E-state index contributed by atoms with van der Waals surface area (Å²) in [5.74, 6) is 2.74. The quantitative estimate of drug-likeness (QED) is 0.599. The van der Waals surface area contributed by atoms with Crippen molar-refractivity contribution in [3.05, 3.63) is 47.5 Å².